The Kier molecular flexibility index (Phi) is 3.62. The van der Waals surface area contributed by atoms with E-state index in [4.69, 9.17) is 5.11 Å². The molecule has 1 saturated heterocycles. The molecule has 2 fully saturated rings. The van der Waals surface area contributed by atoms with Gasteiger partial charge in [0.25, 0.3) is 0 Å². The first-order valence-electron chi connectivity index (χ1n) is 6.24. The molecule has 0 aromatic heterocycles. The second-order valence-corrected chi connectivity index (χ2v) is 4.96. The van der Waals surface area contributed by atoms with Gasteiger partial charge in [0.05, 0.1) is 5.92 Å². The van der Waals surface area contributed by atoms with Gasteiger partial charge in [-0.1, -0.05) is 19.3 Å². The average molecular weight is 211 g/mol. The molecule has 0 aromatic rings. The number of carbonyl (C=O) groups is 1. The number of hydrogen-bond donors (Lipinski definition) is 1. The van der Waals surface area contributed by atoms with E-state index in [1.165, 1.54) is 32.1 Å². The van der Waals surface area contributed by atoms with E-state index in [0.717, 1.165) is 25.9 Å². The minimum Gasteiger partial charge on any atom is -0.481 e. The topological polar surface area (TPSA) is 40.5 Å². The van der Waals surface area contributed by atoms with Crippen LogP contribution < -0.4 is 0 Å². The fourth-order valence-electron chi connectivity index (χ4n) is 2.99. The van der Waals surface area contributed by atoms with E-state index in [1.54, 1.807) is 0 Å². The van der Waals surface area contributed by atoms with Gasteiger partial charge in [0, 0.05) is 12.6 Å². The Morgan fingerprint density at radius 3 is 2.47 bits per heavy atom. The molecule has 1 atom stereocenters. The fraction of sp³-hybridized carbons (Fsp3) is 0.917. The third kappa shape index (κ3) is 2.71. The molecular formula is C12H21NO2. The van der Waals surface area contributed by atoms with E-state index in [9.17, 15) is 4.79 Å². The Morgan fingerprint density at radius 1 is 1.07 bits per heavy atom. The molecule has 1 N–H and O–H groups in total. The molecule has 1 saturated carbocycles. The largest absolute Gasteiger partial charge is 0.481 e. The third-order valence-electron chi connectivity index (χ3n) is 3.89. The molecule has 3 nitrogen and oxygen atoms in total. The van der Waals surface area contributed by atoms with Crippen LogP contribution in [0.2, 0.25) is 0 Å². The molecule has 0 bridgehead atoms. The third-order valence-corrected chi connectivity index (χ3v) is 3.89. The number of nitrogens with zero attached hydrogens (tertiary/aromatic N) is 1. The number of carboxylic acid groups (broad SMARTS) is 1. The predicted octanol–water partition coefficient (Wildman–Crippen LogP) is 2.12. The van der Waals surface area contributed by atoms with Gasteiger partial charge in [-0.2, -0.15) is 0 Å². The lowest BCUT2D eigenvalue weighted by molar-refractivity contribution is -0.144. The second kappa shape index (κ2) is 4.97. The Labute approximate surface area is 91.5 Å². The molecule has 0 spiro atoms. The maximum absolute atomic E-state index is 11.0. The summed E-state index contributed by atoms with van der Waals surface area (Å²) in [7, 11) is 0. The minimum absolute atomic E-state index is 0.110. The fourth-order valence-corrected chi connectivity index (χ4v) is 2.99. The van der Waals surface area contributed by atoms with Crippen molar-refractivity contribution in [2.45, 2.75) is 51.0 Å². The molecule has 1 heterocycles. The van der Waals surface area contributed by atoms with Crippen LogP contribution in [0.15, 0.2) is 0 Å². The first-order chi connectivity index (χ1) is 7.27. The van der Waals surface area contributed by atoms with Gasteiger partial charge in [-0.15, -0.1) is 0 Å². The summed E-state index contributed by atoms with van der Waals surface area (Å²) in [6.07, 6.45) is 8.54. The maximum atomic E-state index is 11.0. The predicted molar refractivity (Wildman–Crippen MR) is 58.8 cm³/mol. The Balaban J connectivity index is 1.88. The monoisotopic (exact) mass is 211 g/mol. The molecular weight excluding hydrogens is 190 g/mol. The first-order valence-corrected chi connectivity index (χ1v) is 6.24. The number of likely N-dealkylation sites (tertiary alicyclic amines) is 1. The number of carboxylic acids is 1. The molecule has 1 aliphatic carbocycles. The van der Waals surface area contributed by atoms with Gasteiger partial charge in [0.1, 0.15) is 0 Å². The van der Waals surface area contributed by atoms with Crippen LogP contribution in [-0.4, -0.2) is 35.1 Å². The highest BCUT2D eigenvalue weighted by Crippen LogP contribution is 2.27. The highest BCUT2D eigenvalue weighted by atomic mass is 16.4. The Bertz CT molecular complexity index is 224. The molecule has 2 rings (SSSR count). The van der Waals surface area contributed by atoms with E-state index in [1.807, 2.05) is 0 Å². The summed E-state index contributed by atoms with van der Waals surface area (Å²) in [6, 6.07) is 0.681. The van der Waals surface area contributed by atoms with Gasteiger partial charge in [-0.3, -0.25) is 9.69 Å². The highest BCUT2D eigenvalue weighted by molar-refractivity contribution is 5.70. The van der Waals surface area contributed by atoms with E-state index in [-0.39, 0.29) is 5.92 Å². The molecule has 2 aliphatic rings. The van der Waals surface area contributed by atoms with Crippen LogP contribution >= 0.6 is 0 Å². The Morgan fingerprint density at radius 2 is 1.80 bits per heavy atom. The molecule has 1 aliphatic heterocycles. The molecule has 86 valence electrons. The van der Waals surface area contributed by atoms with Crippen molar-refractivity contribution in [3.05, 3.63) is 0 Å². The van der Waals surface area contributed by atoms with Crippen LogP contribution in [0.25, 0.3) is 0 Å². The number of hydrogen-bond acceptors (Lipinski definition) is 2. The molecule has 0 amide bonds. The van der Waals surface area contributed by atoms with Crippen LogP contribution in [0.5, 0.6) is 0 Å². The maximum Gasteiger partial charge on any atom is 0.307 e. The normalized spacial score (nSPS) is 30.3. The van der Waals surface area contributed by atoms with Crippen molar-refractivity contribution < 1.29 is 9.90 Å². The van der Waals surface area contributed by atoms with Crippen molar-refractivity contribution in [1.29, 1.82) is 0 Å². The average Bonchev–Trinajstić information content (AvgIpc) is 2.30. The van der Waals surface area contributed by atoms with Crippen molar-refractivity contribution in [3.63, 3.8) is 0 Å². The van der Waals surface area contributed by atoms with Gasteiger partial charge < -0.3 is 5.11 Å². The number of rotatable bonds is 2. The summed E-state index contributed by atoms with van der Waals surface area (Å²) < 4.78 is 0. The van der Waals surface area contributed by atoms with Gasteiger partial charge >= 0.3 is 5.97 Å². The number of aliphatic carboxylic acids is 1. The van der Waals surface area contributed by atoms with Gasteiger partial charge in [-0.05, 0) is 32.2 Å². The molecule has 1 unspecified atom stereocenters. The summed E-state index contributed by atoms with van der Waals surface area (Å²) in [5, 5.41) is 9.03. The van der Waals surface area contributed by atoms with Crippen LogP contribution in [-0.2, 0) is 4.79 Å². The van der Waals surface area contributed by atoms with Crippen molar-refractivity contribution in [2.24, 2.45) is 5.92 Å². The Hall–Kier alpha value is -0.570. The second-order valence-electron chi connectivity index (χ2n) is 4.96. The van der Waals surface area contributed by atoms with E-state index in [2.05, 4.69) is 4.90 Å². The standard InChI is InChI=1S/C12H21NO2/c14-12(15)10-5-4-8-13(9-10)11-6-2-1-3-7-11/h10-11H,1-9H2,(H,14,15). The van der Waals surface area contributed by atoms with Crippen LogP contribution in [0.4, 0.5) is 0 Å². The van der Waals surface area contributed by atoms with E-state index < -0.39 is 5.97 Å². The highest BCUT2D eigenvalue weighted by Gasteiger charge is 2.29. The molecule has 3 heteroatoms. The van der Waals surface area contributed by atoms with Crippen LogP contribution in [0, 0.1) is 5.92 Å². The van der Waals surface area contributed by atoms with Crippen LogP contribution in [0.3, 0.4) is 0 Å². The quantitative estimate of drug-likeness (QED) is 0.760. The van der Waals surface area contributed by atoms with Crippen molar-refractivity contribution in [1.82, 2.24) is 4.90 Å². The van der Waals surface area contributed by atoms with Gasteiger partial charge in [0.15, 0.2) is 0 Å². The van der Waals surface area contributed by atoms with Crippen molar-refractivity contribution in [2.75, 3.05) is 13.1 Å². The zero-order valence-electron chi connectivity index (χ0n) is 9.32. The summed E-state index contributed by atoms with van der Waals surface area (Å²) in [6.45, 7) is 1.91. The van der Waals surface area contributed by atoms with Crippen LogP contribution in [0.1, 0.15) is 44.9 Å². The molecule has 0 aromatic carbocycles. The van der Waals surface area contributed by atoms with E-state index in [0.29, 0.717) is 6.04 Å². The summed E-state index contributed by atoms with van der Waals surface area (Å²) in [4.78, 5) is 13.4. The van der Waals surface area contributed by atoms with Crippen molar-refractivity contribution in [3.8, 4) is 0 Å². The first kappa shape index (κ1) is 10.9. The zero-order valence-corrected chi connectivity index (χ0v) is 9.32. The van der Waals surface area contributed by atoms with Gasteiger partial charge in [-0.25, -0.2) is 0 Å². The van der Waals surface area contributed by atoms with Gasteiger partial charge in [0.2, 0.25) is 0 Å². The minimum atomic E-state index is -0.601. The number of piperidine rings is 1. The van der Waals surface area contributed by atoms with Crippen molar-refractivity contribution >= 4 is 5.97 Å². The summed E-state index contributed by atoms with van der Waals surface area (Å²) in [5.74, 6) is -0.712. The summed E-state index contributed by atoms with van der Waals surface area (Å²) in [5.41, 5.74) is 0. The molecule has 0 radical (unpaired) electrons. The zero-order chi connectivity index (χ0) is 10.7. The lowest BCUT2D eigenvalue weighted by Gasteiger charge is -2.38. The lowest BCUT2D eigenvalue weighted by atomic mass is 9.90. The lowest BCUT2D eigenvalue weighted by Crippen LogP contribution is -2.45. The summed E-state index contributed by atoms with van der Waals surface area (Å²) >= 11 is 0. The SMILES string of the molecule is O=C(O)C1CCCN(C2CCCCC2)C1. The smallest absolute Gasteiger partial charge is 0.307 e. The molecule has 15 heavy (non-hydrogen) atoms. The van der Waals surface area contributed by atoms with E-state index >= 15 is 0 Å².